The first-order chi connectivity index (χ1) is 8.65. The third kappa shape index (κ3) is 4.49. The van der Waals surface area contributed by atoms with Gasteiger partial charge in [0.25, 0.3) is 0 Å². The minimum Gasteiger partial charge on any atom is -0.358 e. The third-order valence-corrected chi connectivity index (χ3v) is 2.78. The number of rotatable bonds is 4. The molecule has 2 heterocycles. The van der Waals surface area contributed by atoms with Gasteiger partial charge < -0.3 is 20.7 Å². The Hall–Kier alpha value is -1.67. The lowest BCUT2D eigenvalue weighted by Gasteiger charge is -2.23. The molecule has 0 spiro atoms. The fourth-order valence-corrected chi connectivity index (χ4v) is 1.93. The average Bonchev–Trinajstić information content (AvgIpc) is 2.78. The number of carbonyl (C=O) groups is 1. The van der Waals surface area contributed by atoms with E-state index in [1.807, 2.05) is 0 Å². The van der Waals surface area contributed by atoms with Gasteiger partial charge in [0, 0.05) is 12.6 Å². The van der Waals surface area contributed by atoms with E-state index < -0.39 is 4.92 Å². The lowest BCUT2D eigenvalue weighted by Crippen LogP contribution is -2.46. The Morgan fingerprint density at radius 2 is 2.47 bits per heavy atom. The fraction of sp³-hybridized carbons (Fsp3) is 0.600. The summed E-state index contributed by atoms with van der Waals surface area (Å²) in [6.07, 6.45) is 3.42. The molecule has 19 heavy (non-hydrogen) atoms. The maximum Gasteiger partial charge on any atom is 0.389 e. The van der Waals surface area contributed by atoms with Crippen molar-refractivity contribution in [3.8, 4) is 0 Å². The molecule has 0 aliphatic carbocycles. The van der Waals surface area contributed by atoms with Crippen LogP contribution in [0.3, 0.4) is 0 Å². The van der Waals surface area contributed by atoms with Crippen LogP contribution in [0.1, 0.15) is 12.8 Å². The average molecular weight is 290 g/mol. The van der Waals surface area contributed by atoms with E-state index in [0.717, 1.165) is 25.9 Å². The summed E-state index contributed by atoms with van der Waals surface area (Å²) in [4.78, 5) is 21.5. The Morgan fingerprint density at radius 1 is 1.68 bits per heavy atom. The molecule has 0 aromatic carbocycles. The minimum absolute atomic E-state index is 0. The van der Waals surface area contributed by atoms with Gasteiger partial charge >= 0.3 is 5.82 Å². The van der Waals surface area contributed by atoms with Crippen molar-refractivity contribution >= 4 is 24.1 Å². The number of carbonyl (C=O) groups excluding carboxylic acids is 1. The molecule has 0 unspecified atom stereocenters. The molecule has 106 valence electrons. The van der Waals surface area contributed by atoms with Crippen LogP contribution in [0, 0.1) is 10.1 Å². The van der Waals surface area contributed by atoms with Crippen molar-refractivity contribution in [3.05, 3.63) is 22.4 Å². The fourth-order valence-electron chi connectivity index (χ4n) is 1.93. The number of hydrogen-bond donors (Lipinski definition) is 2. The zero-order valence-corrected chi connectivity index (χ0v) is 11.1. The highest BCUT2D eigenvalue weighted by atomic mass is 35.5. The van der Waals surface area contributed by atoms with E-state index in [1.54, 1.807) is 0 Å². The summed E-state index contributed by atoms with van der Waals surface area (Å²) >= 11 is 0. The van der Waals surface area contributed by atoms with E-state index in [2.05, 4.69) is 15.7 Å². The van der Waals surface area contributed by atoms with Crippen LogP contribution in [-0.2, 0) is 11.3 Å². The van der Waals surface area contributed by atoms with Crippen LogP contribution in [0.25, 0.3) is 0 Å². The second-order valence-corrected chi connectivity index (χ2v) is 4.24. The number of nitrogens with zero attached hydrogens (tertiary/aromatic N) is 3. The smallest absolute Gasteiger partial charge is 0.358 e. The number of piperidine rings is 1. The van der Waals surface area contributed by atoms with E-state index in [0.29, 0.717) is 0 Å². The number of aromatic nitrogens is 2. The van der Waals surface area contributed by atoms with Gasteiger partial charge in [0.15, 0.2) is 0 Å². The van der Waals surface area contributed by atoms with E-state index in [1.165, 1.54) is 16.9 Å². The Labute approximate surface area is 116 Å². The van der Waals surface area contributed by atoms with Gasteiger partial charge in [-0.05, 0) is 24.3 Å². The quantitative estimate of drug-likeness (QED) is 0.604. The van der Waals surface area contributed by atoms with Gasteiger partial charge in [0.1, 0.15) is 6.54 Å². The standard InChI is InChI=1S/C10H15N5O3.ClH/c16-10(12-8-2-1-4-11-6-8)7-14-5-3-9(13-14)15(17)18;/h3,5,8,11H,1-2,4,6-7H2,(H,12,16);1H/t8-;/m0./s1. The van der Waals surface area contributed by atoms with Gasteiger partial charge in [-0.3, -0.25) is 4.79 Å². The van der Waals surface area contributed by atoms with Crippen molar-refractivity contribution in [2.24, 2.45) is 0 Å². The molecule has 2 rings (SSSR count). The van der Waals surface area contributed by atoms with Crippen LogP contribution in [0.2, 0.25) is 0 Å². The van der Waals surface area contributed by atoms with Crippen molar-refractivity contribution in [1.29, 1.82) is 0 Å². The first-order valence-corrected chi connectivity index (χ1v) is 5.83. The predicted molar refractivity (Wildman–Crippen MR) is 70.2 cm³/mol. The molecule has 8 nitrogen and oxygen atoms in total. The van der Waals surface area contributed by atoms with E-state index >= 15 is 0 Å². The zero-order valence-electron chi connectivity index (χ0n) is 10.2. The first-order valence-electron chi connectivity index (χ1n) is 5.83. The van der Waals surface area contributed by atoms with E-state index in [4.69, 9.17) is 0 Å². The van der Waals surface area contributed by atoms with Crippen LogP contribution in [0.5, 0.6) is 0 Å². The first kappa shape index (κ1) is 15.4. The van der Waals surface area contributed by atoms with Crippen molar-refractivity contribution in [2.75, 3.05) is 13.1 Å². The summed E-state index contributed by atoms with van der Waals surface area (Å²) in [6, 6.07) is 1.41. The molecule has 1 atom stereocenters. The van der Waals surface area contributed by atoms with Crippen LogP contribution < -0.4 is 10.6 Å². The van der Waals surface area contributed by atoms with E-state index in [9.17, 15) is 14.9 Å². The lowest BCUT2D eigenvalue weighted by molar-refractivity contribution is -0.389. The zero-order chi connectivity index (χ0) is 13.0. The summed E-state index contributed by atoms with van der Waals surface area (Å²) < 4.78 is 1.27. The second-order valence-electron chi connectivity index (χ2n) is 4.24. The largest absolute Gasteiger partial charge is 0.389 e. The maximum absolute atomic E-state index is 11.7. The Bertz CT molecular complexity index is 444. The Morgan fingerprint density at radius 3 is 3.05 bits per heavy atom. The molecule has 1 aromatic heterocycles. The number of nitrogens with one attached hydrogen (secondary N) is 2. The van der Waals surface area contributed by atoms with Crippen molar-refractivity contribution in [1.82, 2.24) is 20.4 Å². The Kier molecular flexibility index (Phi) is 5.71. The summed E-state index contributed by atoms with van der Waals surface area (Å²) in [5.41, 5.74) is 0. The van der Waals surface area contributed by atoms with Gasteiger partial charge in [-0.2, -0.15) is 4.68 Å². The summed E-state index contributed by atoms with van der Waals surface area (Å²) in [7, 11) is 0. The Balaban J connectivity index is 0.00000180. The van der Waals surface area contributed by atoms with Crippen molar-refractivity contribution in [2.45, 2.75) is 25.4 Å². The molecule has 9 heteroatoms. The summed E-state index contributed by atoms with van der Waals surface area (Å²) in [5.74, 6) is -0.427. The van der Waals surface area contributed by atoms with Crippen LogP contribution in [0.15, 0.2) is 12.3 Å². The molecule has 1 amide bonds. The number of amides is 1. The molecule has 0 saturated carbocycles. The maximum atomic E-state index is 11.7. The van der Waals surface area contributed by atoms with Gasteiger partial charge in [0.2, 0.25) is 5.91 Å². The second kappa shape index (κ2) is 7.05. The highest BCUT2D eigenvalue weighted by molar-refractivity contribution is 5.85. The topological polar surface area (TPSA) is 102 Å². The number of halogens is 1. The molecule has 1 aliphatic rings. The molecule has 0 bridgehead atoms. The molecular formula is C10H16ClN5O3. The summed E-state index contributed by atoms with van der Waals surface area (Å²) in [6.45, 7) is 1.76. The molecule has 1 saturated heterocycles. The molecule has 1 aromatic rings. The highest BCUT2D eigenvalue weighted by Crippen LogP contribution is 2.05. The summed E-state index contributed by atoms with van der Waals surface area (Å²) in [5, 5.41) is 20.2. The van der Waals surface area contributed by atoms with Crippen LogP contribution >= 0.6 is 12.4 Å². The van der Waals surface area contributed by atoms with Crippen molar-refractivity contribution < 1.29 is 9.72 Å². The van der Waals surface area contributed by atoms with Crippen LogP contribution in [-0.4, -0.2) is 39.7 Å². The van der Waals surface area contributed by atoms with Gasteiger partial charge in [-0.1, -0.05) is 0 Å². The third-order valence-electron chi connectivity index (χ3n) is 2.78. The van der Waals surface area contributed by atoms with Crippen LogP contribution in [0.4, 0.5) is 5.82 Å². The molecule has 2 N–H and O–H groups in total. The molecule has 1 fully saturated rings. The SMILES string of the molecule is Cl.O=C(Cn1ccc([N+](=O)[O-])n1)N[C@H]1CCCNC1. The van der Waals surface area contributed by atoms with E-state index in [-0.39, 0.29) is 36.7 Å². The molecule has 0 radical (unpaired) electrons. The molecule has 1 aliphatic heterocycles. The van der Waals surface area contributed by atoms with Gasteiger partial charge in [-0.25, -0.2) is 0 Å². The monoisotopic (exact) mass is 289 g/mol. The minimum atomic E-state index is -0.584. The lowest BCUT2D eigenvalue weighted by atomic mass is 10.1. The predicted octanol–water partition coefficient (Wildman–Crippen LogP) is 0.0813. The molecular weight excluding hydrogens is 274 g/mol. The normalized spacial score (nSPS) is 18.4. The highest BCUT2D eigenvalue weighted by Gasteiger charge is 2.17. The van der Waals surface area contributed by atoms with Gasteiger partial charge in [-0.15, -0.1) is 12.4 Å². The number of hydrogen-bond acceptors (Lipinski definition) is 5. The van der Waals surface area contributed by atoms with Crippen molar-refractivity contribution in [3.63, 3.8) is 0 Å². The number of nitro groups is 1. The van der Waals surface area contributed by atoms with Gasteiger partial charge in [0.05, 0.1) is 17.4 Å².